The van der Waals surface area contributed by atoms with Crippen molar-refractivity contribution in [3.63, 3.8) is 0 Å². The van der Waals surface area contributed by atoms with Gasteiger partial charge in [0.2, 0.25) is 47.3 Å². The molecule has 2 aromatic heterocycles. The molecule has 13 amide bonds. The number of urea groups is 1. The summed E-state index contributed by atoms with van der Waals surface area (Å²) in [6.45, 7) is 4.11. The number of aromatic hydroxyl groups is 1. The number of aliphatic hydroxyl groups is 3. The van der Waals surface area contributed by atoms with Crippen molar-refractivity contribution >= 4 is 87.9 Å². The number of guanidine groups is 1. The molecule has 516 valence electrons. The number of carbonyl (C=O) groups is 12. The minimum atomic E-state index is -2.30. The molecule has 0 bridgehead atoms. The number of amides is 13. The molecule has 0 saturated carbocycles. The Balaban J connectivity index is 1.33. The molecule has 34 heteroatoms. The molecule has 9 atom stereocenters. The maximum atomic E-state index is 15.5. The first-order valence-electron chi connectivity index (χ1n) is 30.9. The molecule has 6 rings (SSSR count). The number of aliphatic hydroxyl groups excluding tert-OH is 3. The largest absolute Gasteiger partial charge is 0.508 e. The predicted octanol–water partition coefficient (Wildman–Crippen LogP) is -4.19. The normalized spacial score (nSPS) is 16.7. The number of hydrogen-bond acceptors (Lipinski definition) is 18. The smallest absolute Gasteiger partial charge is 0.330 e. The lowest BCUT2D eigenvalue weighted by Crippen LogP contribution is -2.66. The molecular formula is C61H86N18O16. The van der Waals surface area contributed by atoms with Crippen molar-refractivity contribution in [1.82, 2.24) is 72.4 Å². The Kier molecular flexibility index (Phi) is 26.5. The van der Waals surface area contributed by atoms with Gasteiger partial charge in [-0.2, -0.15) is 0 Å². The lowest BCUT2D eigenvalue weighted by molar-refractivity contribution is -0.158. The first-order valence-corrected chi connectivity index (χ1v) is 30.9. The summed E-state index contributed by atoms with van der Waals surface area (Å²) >= 11 is 0. The van der Waals surface area contributed by atoms with Crippen molar-refractivity contribution in [2.45, 2.75) is 159 Å². The van der Waals surface area contributed by atoms with Gasteiger partial charge in [-0.25, -0.2) is 15.2 Å². The highest BCUT2D eigenvalue weighted by Crippen LogP contribution is 2.25. The maximum absolute atomic E-state index is 15.5. The van der Waals surface area contributed by atoms with Crippen LogP contribution in [0.1, 0.15) is 96.4 Å². The zero-order valence-corrected chi connectivity index (χ0v) is 53.4. The average molecular weight is 1330 g/mol. The molecule has 0 spiro atoms. The van der Waals surface area contributed by atoms with E-state index >= 15 is 14.4 Å². The third-order valence-electron chi connectivity index (χ3n) is 15.9. The first kappa shape index (κ1) is 73.8. The number of rotatable bonds is 31. The Bertz CT molecular complexity index is 3420. The van der Waals surface area contributed by atoms with E-state index in [0.717, 1.165) is 4.90 Å². The zero-order valence-electron chi connectivity index (χ0n) is 53.4. The van der Waals surface area contributed by atoms with Gasteiger partial charge in [0.05, 0.1) is 19.5 Å². The summed E-state index contributed by atoms with van der Waals surface area (Å²) in [5.41, 5.74) is 20.5. The number of hydrazine groups is 1. The Labute approximate surface area is 546 Å². The molecule has 0 radical (unpaired) electrons. The highest BCUT2D eigenvalue weighted by molar-refractivity contribution is 6.06. The fourth-order valence-corrected chi connectivity index (χ4v) is 11.3. The molecule has 95 heavy (non-hydrogen) atoms. The number of aliphatic imine (C=N–C) groups is 1. The van der Waals surface area contributed by atoms with Gasteiger partial charge in [-0.1, -0.05) is 44.2 Å². The van der Waals surface area contributed by atoms with Gasteiger partial charge in [0.1, 0.15) is 66.7 Å². The van der Waals surface area contributed by atoms with Gasteiger partial charge in [0.25, 0.3) is 17.7 Å². The van der Waals surface area contributed by atoms with E-state index in [4.69, 9.17) is 17.2 Å². The summed E-state index contributed by atoms with van der Waals surface area (Å²) in [4.78, 5) is 185. The number of para-hydroxylation sites is 1. The number of primary amides is 1. The van der Waals surface area contributed by atoms with E-state index in [-0.39, 0.29) is 86.1 Å². The van der Waals surface area contributed by atoms with Crippen molar-refractivity contribution < 1.29 is 78.0 Å². The highest BCUT2D eigenvalue weighted by atomic mass is 16.3. The molecular weight excluding hydrogens is 1240 g/mol. The lowest BCUT2D eigenvalue weighted by atomic mass is 9.96. The Morgan fingerprint density at radius 2 is 1.38 bits per heavy atom. The number of aromatic amines is 2. The standard InChI is InChI=1S/C61H86N18O16/c1-32(2)22-41(51(87)70-40(12-8-20-66-59(62)63)56(92)77-21-9-13-45(77)55(91)75-76-60(64)95)72-54(90)47(29-81)79(61(3,4)5)58(94)43(23-33-14-16-36(83)17-15-33)74-53(89)46(28-80)78(49(85)30-82)57(93)44(24-34-26-67-38-11-7-6-10-37(34)38)73-52(88)42(25-35-27-65-31-68-35)71-50(86)39-18-19-48(84)69-39/h6-7,10-11,14-17,26-27,31-32,39-47,67,80-83H,8-9,12-13,18-25,28-30H2,1-5H3,(H,65,68)(H,69,84)(H,70,87)(H,71,86)(H,72,90)(H,73,88)(H,74,89)(H,75,91)(H4,62,63,66)(H3,64,76,95)/t39-,40-,41-,42-,43-,44-,45-,46-,47-/m0/s1. The summed E-state index contributed by atoms with van der Waals surface area (Å²) in [7, 11) is 0. The number of aromatic nitrogens is 3. The SMILES string of the molecule is CC(C)C[C@H](NC(=O)[C@H](CO)N(C(=O)[C@H](Cc1ccc(O)cc1)NC(=O)[C@H](CO)N(C(=O)CO)C(=O)[C@H](Cc1c[nH]c2ccccc12)NC(=O)[C@H](Cc1cnc[nH]1)NC(=O)[C@@H]1CCC(=O)N1)C(C)(C)C)C(=O)N[C@@H](CCCN=C(N)N)C(=O)N1CCC[C@H]1C(=O)NNC(N)=O. The minimum absolute atomic E-state index is 0.0249. The fourth-order valence-electron chi connectivity index (χ4n) is 11.3. The van der Waals surface area contributed by atoms with Crippen molar-refractivity contribution in [3.8, 4) is 5.75 Å². The number of nitrogens with two attached hydrogens (primary N) is 3. The van der Waals surface area contributed by atoms with E-state index in [1.807, 2.05) is 5.43 Å². The number of likely N-dealkylation sites (tertiary alicyclic amines) is 1. The van der Waals surface area contributed by atoms with E-state index < -0.39 is 164 Å². The van der Waals surface area contributed by atoms with Crippen LogP contribution < -0.4 is 60.0 Å². The number of imide groups is 1. The Morgan fingerprint density at radius 1 is 0.737 bits per heavy atom. The number of carbonyl (C=O) groups excluding carboxylic acids is 12. The number of fused-ring (bicyclic) bond motifs is 1. The summed E-state index contributed by atoms with van der Waals surface area (Å²) in [5.74, 6) is -11.6. The predicted molar refractivity (Wildman–Crippen MR) is 339 cm³/mol. The molecule has 2 saturated heterocycles. The first-order chi connectivity index (χ1) is 45.0. The number of benzene rings is 2. The maximum Gasteiger partial charge on any atom is 0.330 e. The Hall–Kier alpha value is -10.2. The summed E-state index contributed by atoms with van der Waals surface area (Å²) < 4.78 is 0. The van der Waals surface area contributed by atoms with E-state index in [2.05, 4.69) is 57.3 Å². The second kappa shape index (κ2) is 34.1. The van der Waals surface area contributed by atoms with Crippen LogP contribution in [0.4, 0.5) is 4.79 Å². The lowest BCUT2D eigenvalue weighted by Gasteiger charge is -2.43. The monoisotopic (exact) mass is 1330 g/mol. The van der Waals surface area contributed by atoms with Crippen LogP contribution in [0, 0.1) is 5.92 Å². The fraction of sp³-hybridized carbons (Fsp3) is 0.508. The molecule has 2 fully saturated rings. The highest BCUT2D eigenvalue weighted by Gasteiger charge is 2.46. The number of hydrogen-bond donors (Lipinski definition) is 17. The van der Waals surface area contributed by atoms with E-state index in [1.165, 1.54) is 68.7 Å². The third kappa shape index (κ3) is 20.4. The van der Waals surface area contributed by atoms with Crippen LogP contribution in [0.25, 0.3) is 10.9 Å². The molecule has 34 nitrogen and oxygen atoms in total. The van der Waals surface area contributed by atoms with E-state index in [9.17, 15) is 63.6 Å². The van der Waals surface area contributed by atoms with Gasteiger partial charge in [-0.3, -0.25) is 68.1 Å². The van der Waals surface area contributed by atoms with Crippen LogP contribution in [-0.4, -0.2) is 220 Å². The topological polar surface area (TPSA) is 527 Å². The molecule has 2 aliphatic heterocycles. The Morgan fingerprint density at radius 3 is 1.99 bits per heavy atom. The van der Waals surface area contributed by atoms with Crippen LogP contribution in [0.5, 0.6) is 5.75 Å². The summed E-state index contributed by atoms with van der Waals surface area (Å²) in [6.07, 6.45) is 3.80. The molecule has 20 N–H and O–H groups in total. The van der Waals surface area contributed by atoms with Crippen LogP contribution >= 0.6 is 0 Å². The summed E-state index contributed by atoms with van der Waals surface area (Å²) in [5, 5.41) is 59.3. The van der Waals surface area contributed by atoms with Crippen molar-refractivity contribution in [3.05, 3.63) is 84.1 Å². The van der Waals surface area contributed by atoms with Crippen LogP contribution in [-0.2, 0) is 72.0 Å². The van der Waals surface area contributed by atoms with Crippen molar-refractivity contribution in [2.24, 2.45) is 28.1 Å². The zero-order chi connectivity index (χ0) is 69.8. The number of nitrogens with one attached hydrogen (secondary N) is 10. The van der Waals surface area contributed by atoms with E-state index in [0.29, 0.717) is 28.6 Å². The molecule has 4 heterocycles. The van der Waals surface area contributed by atoms with Gasteiger partial charge < -0.3 is 89.3 Å². The van der Waals surface area contributed by atoms with Gasteiger partial charge in [-0.15, -0.1) is 0 Å². The van der Waals surface area contributed by atoms with Gasteiger partial charge in [0.15, 0.2) is 5.96 Å². The number of imidazole rings is 1. The quantitative estimate of drug-likeness (QED) is 0.00983. The number of phenols is 1. The van der Waals surface area contributed by atoms with Crippen LogP contribution in [0.2, 0.25) is 0 Å². The number of nitrogens with zero attached hydrogens (tertiary/aromatic N) is 5. The number of phenolic OH excluding ortho intramolecular Hbond substituents is 1. The molecule has 2 aliphatic rings. The number of H-pyrrole nitrogens is 2. The molecule has 4 aromatic rings. The van der Waals surface area contributed by atoms with E-state index in [1.54, 1.807) is 38.1 Å². The molecule has 2 aromatic carbocycles. The second-order valence-electron chi connectivity index (χ2n) is 24.5. The van der Waals surface area contributed by atoms with Crippen LogP contribution in [0.15, 0.2) is 72.2 Å². The summed E-state index contributed by atoms with van der Waals surface area (Å²) in [6, 6.07) is -3.13. The molecule has 0 unspecified atom stereocenters. The second-order valence-corrected chi connectivity index (χ2v) is 24.5. The third-order valence-corrected chi connectivity index (χ3v) is 15.9. The van der Waals surface area contributed by atoms with Gasteiger partial charge in [-0.05, 0) is 94.5 Å². The van der Waals surface area contributed by atoms with Crippen molar-refractivity contribution in [2.75, 3.05) is 32.9 Å². The van der Waals surface area contributed by atoms with Gasteiger partial charge >= 0.3 is 6.03 Å². The van der Waals surface area contributed by atoms with Crippen molar-refractivity contribution in [1.29, 1.82) is 0 Å². The molecule has 0 aliphatic carbocycles. The average Bonchev–Trinajstić information content (AvgIpc) is 1.34. The van der Waals surface area contributed by atoms with Gasteiger partial charge in [0, 0.05) is 73.3 Å². The van der Waals surface area contributed by atoms with Crippen LogP contribution in [0.3, 0.4) is 0 Å². The minimum Gasteiger partial charge on any atom is -0.508 e.